The van der Waals surface area contributed by atoms with Crippen LogP contribution in [0, 0.1) is 5.41 Å². The van der Waals surface area contributed by atoms with Gasteiger partial charge in [0.15, 0.2) is 5.84 Å². The second kappa shape index (κ2) is 16.4. The van der Waals surface area contributed by atoms with Crippen LogP contribution in [0.4, 0.5) is 0 Å². The lowest BCUT2D eigenvalue weighted by Gasteiger charge is -2.34. The molecule has 0 unspecified atom stereocenters. The molecule has 0 amide bonds. The van der Waals surface area contributed by atoms with E-state index in [0.717, 1.165) is 27.5 Å². The number of allylic oxidation sites excluding steroid dienone is 1. The maximum atomic E-state index is 9.44. The summed E-state index contributed by atoms with van der Waals surface area (Å²) in [4.78, 5) is 5.23. The van der Waals surface area contributed by atoms with E-state index in [1.54, 1.807) is 0 Å². The fraction of sp³-hybridized carbons (Fsp3) is 0.0149. The van der Waals surface area contributed by atoms with Crippen molar-refractivity contribution in [2.75, 3.05) is 0 Å². The summed E-state index contributed by atoms with van der Waals surface area (Å²) in [7, 11) is 0. The van der Waals surface area contributed by atoms with Gasteiger partial charge in [0.05, 0.1) is 11.1 Å². The van der Waals surface area contributed by atoms with Crippen molar-refractivity contribution < 1.29 is 0 Å². The van der Waals surface area contributed by atoms with Gasteiger partial charge in [-0.25, -0.2) is 4.99 Å². The predicted molar refractivity (Wildman–Crippen MR) is 292 cm³/mol. The number of hydrogen-bond acceptors (Lipinski definition) is 1. The Kier molecular flexibility index (Phi) is 9.59. The highest BCUT2D eigenvalue weighted by atomic mass is 14.8. The standard InChI is InChI=1S/C67H44N2/c68-66(45-21-4-1-5-22-45)69-63(47-37-38-56-55-32-18-19-35-61(55)67(62(56)43-47,48-24-6-2-7-25-48)49-26-8-3-9-27-49)41-40-54-52-30-14-16-33-57(52)65(58-34-17-15-31-53(54)58)64-51-29-13-11-23-46(51)42-60-50-28-12-10-20-44(50)36-39-59(60)64/h1-43,68H/b41-40+,68-66?,69-63?. The Bertz CT molecular complexity index is 3970. The fourth-order valence-electron chi connectivity index (χ4n) is 11.4. The van der Waals surface area contributed by atoms with Crippen molar-refractivity contribution in [3.05, 3.63) is 294 Å². The van der Waals surface area contributed by atoms with Gasteiger partial charge in [0.1, 0.15) is 0 Å². The Balaban J connectivity index is 1.05. The fourth-order valence-corrected chi connectivity index (χ4v) is 11.4. The van der Waals surface area contributed by atoms with Crippen LogP contribution in [0.5, 0.6) is 0 Å². The van der Waals surface area contributed by atoms with Crippen LogP contribution in [-0.2, 0) is 5.41 Å². The average molecular weight is 877 g/mol. The van der Waals surface area contributed by atoms with Crippen molar-refractivity contribution in [1.29, 1.82) is 5.41 Å². The molecule has 1 N–H and O–H groups in total. The molecule has 12 aromatic rings. The largest absolute Gasteiger partial charge is 0.282 e. The minimum Gasteiger partial charge on any atom is -0.282 e. The normalized spacial score (nSPS) is 13.1. The van der Waals surface area contributed by atoms with Crippen LogP contribution in [0.2, 0.25) is 0 Å². The van der Waals surface area contributed by atoms with Gasteiger partial charge >= 0.3 is 0 Å². The molecule has 322 valence electrons. The molecule has 0 aromatic heterocycles. The highest BCUT2D eigenvalue weighted by molar-refractivity contribution is 6.28. The SMILES string of the molecule is N=C(N=C(/C=C/c1c2ccccc2c(-c2c3ccccc3cc3c2ccc2ccccc23)c2ccccc12)c1ccc2c(c1)C(c1ccccc1)(c1ccccc1)c1ccccc1-2)c1ccccc1. The summed E-state index contributed by atoms with van der Waals surface area (Å²) >= 11 is 0. The van der Waals surface area contributed by atoms with Gasteiger partial charge in [0.2, 0.25) is 0 Å². The summed E-state index contributed by atoms with van der Waals surface area (Å²) in [5.41, 5.74) is 12.7. The lowest BCUT2D eigenvalue weighted by atomic mass is 9.67. The summed E-state index contributed by atoms with van der Waals surface area (Å²) in [6, 6.07) is 89.5. The van der Waals surface area contributed by atoms with E-state index in [1.165, 1.54) is 87.6 Å². The molecule has 0 saturated carbocycles. The van der Waals surface area contributed by atoms with Crippen molar-refractivity contribution in [1.82, 2.24) is 0 Å². The Morgan fingerprint density at radius 1 is 0.362 bits per heavy atom. The highest BCUT2D eigenvalue weighted by Crippen LogP contribution is 2.56. The molecule has 0 atom stereocenters. The molecule has 12 aromatic carbocycles. The zero-order valence-electron chi connectivity index (χ0n) is 37.8. The van der Waals surface area contributed by atoms with Gasteiger partial charge in [0, 0.05) is 11.1 Å². The van der Waals surface area contributed by atoms with E-state index in [0.29, 0.717) is 5.71 Å². The zero-order chi connectivity index (χ0) is 45.9. The minimum absolute atomic E-state index is 0.205. The number of aliphatic imine (C=N–C) groups is 1. The van der Waals surface area contributed by atoms with E-state index in [-0.39, 0.29) is 5.84 Å². The topological polar surface area (TPSA) is 36.2 Å². The van der Waals surface area contributed by atoms with Gasteiger partial charge in [0.25, 0.3) is 0 Å². The highest BCUT2D eigenvalue weighted by Gasteiger charge is 2.46. The van der Waals surface area contributed by atoms with Gasteiger partial charge in [-0.05, 0) is 122 Å². The first-order chi connectivity index (χ1) is 34.2. The van der Waals surface area contributed by atoms with Crippen LogP contribution in [0.15, 0.2) is 260 Å². The van der Waals surface area contributed by atoms with Crippen molar-refractivity contribution in [2.45, 2.75) is 5.41 Å². The summed E-state index contributed by atoms with van der Waals surface area (Å²) < 4.78 is 0. The summed E-state index contributed by atoms with van der Waals surface area (Å²) in [5, 5.41) is 21.5. The second-order valence-corrected chi connectivity index (χ2v) is 18.1. The van der Waals surface area contributed by atoms with Crippen LogP contribution in [0.1, 0.15) is 38.9 Å². The molecule has 0 radical (unpaired) electrons. The monoisotopic (exact) mass is 876 g/mol. The molecule has 0 bridgehead atoms. The van der Waals surface area contributed by atoms with E-state index >= 15 is 0 Å². The molecule has 0 aliphatic heterocycles. The molecule has 69 heavy (non-hydrogen) atoms. The van der Waals surface area contributed by atoms with Crippen molar-refractivity contribution in [3.63, 3.8) is 0 Å². The van der Waals surface area contributed by atoms with E-state index < -0.39 is 5.41 Å². The van der Waals surface area contributed by atoms with E-state index in [9.17, 15) is 5.41 Å². The van der Waals surface area contributed by atoms with E-state index in [4.69, 9.17) is 4.99 Å². The molecule has 0 saturated heterocycles. The molecule has 1 aliphatic rings. The van der Waals surface area contributed by atoms with Crippen molar-refractivity contribution >= 4 is 71.5 Å². The minimum atomic E-state index is -0.577. The average Bonchev–Trinajstić information content (AvgIpc) is 3.72. The number of benzene rings is 12. The number of nitrogens with one attached hydrogen (secondary N) is 1. The van der Waals surface area contributed by atoms with Gasteiger partial charge in [-0.1, -0.05) is 243 Å². The van der Waals surface area contributed by atoms with Gasteiger partial charge < -0.3 is 0 Å². The Hall–Kier alpha value is -8.98. The Morgan fingerprint density at radius 2 is 0.870 bits per heavy atom. The third-order valence-corrected chi connectivity index (χ3v) is 14.4. The van der Waals surface area contributed by atoms with Gasteiger partial charge in [-0.2, -0.15) is 0 Å². The molecule has 1 aliphatic carbocycles. The number of rotatable bonds is 7. The van der Waals surface area contributed by atoms with Crippen LogP contribution >= 0.6 is 0 Å². The molecular weight excluding hydrogens is 833 g/mol. The zero-order valence-corrected chi connectivity index (χ0v) is 37.8. The first-order valence-electron chi connectivity index (χ1n) is 23.7. The third kappa shape index (κ3) is 6.41. The third-order valence-electron chi connectivity index (χ3n) is 14.4. The first-order valence-corrected chi connectivity index (χ1v) is 23.7. The lowest BCUT2D eigenvalue weighted by molar-refractivity contribution is 0.768. The molecule has 0 heterocycles. The van der Waals surface area contributed by atoms with Crippen LogP contribution < -0.4 is 0 Å². The van der Waals surface area contributed by atoms with E-state index in [1.807, 2.05) is 30.3 Å². The first kappa shape index (κ1) is 40.3. The Labute approximate surface area is 401 Å². The molecule has 0 spiro atoms. The van der Waals surface area contributed by atoms with Gasteiger partial charge in [-0.15, -0.1) is 0 Å². The van der Waals surface area contributed by atoms with Gasteiger partial charge in [-0.3, -0.25) is 5.41 Å². The number of amidine groups is 1. The number of nitrogens with zero attached hydrogens (tertiary/aromatic N) is 1. The maximum Gasteiger partial charge on any atom is 0.152 e. The van der Waals surface area contributed by atoms with Crippen molar-refractivity contribution in [3.8, 4) is 22.3 Å². The van der Waals surface area contributed by atoms with Crippen LogP contribution in [0.25, 0.3) is 82.2 Å². The quantitative estimate of drug-likeness (QED) is 0.0717. The molecule has 2 heteroatoms. The summed E-state index contributed by atoms with van der Waals surface area (Å²) in [5.74, 6) is 0.205. The molecular formula is C67H44N2. The number of hydrogen-bond donors (Lipinski definition) is 1. The summed E-state index contributed by atoms with van der Waals surface area (Å²) in [6.45, 7) is 0. The molecule has 2 nitrogen and oxygen atoms in total. The Morgan fingerprint density at radius 3 is 1.55 bits per heavy atom. The van der Waals surface area contributed by atoms with Crippen LogP contribution in [-0.4, -0.2) is 11.5 Å². The lowest BCUT2D eigenvalue weighted by Crippen LogP contribution is -2.28. The number of fused-ring (bicyclic) bond motifs is 9. The predicted octanol–water partition coefficient (Wildman–Crippen LogP) is 17.0. The summed E-state index contributed by atoms with van der Waals surface area (Å²) in [6.07, 6.45) is 4.38. The maximum absolute atomic E-state index is 9.44. The van der Waals surface area contributed by atoms with E-state index in [2.05, 4.69) is 231 Å². The molecule has 13 rings (SSSR count). The van der Waals surface area contributed by atoms with Crippen LogP contribution in [0.3, 0.4) is 0 Å². The second-order valence-electron chi connectivity index (χ2n) is 18.1. The molecule has 0 fully saturated rings. The smallest absolute Gasteiger partial charge is 0.152 e. The van der Waals surface area contributed by atoms with Crippen molar-refractivity contribution in [2.24, 2.45) is 4.99 Å².